The number of carbonyl (C=O) groups is 1. The predicted molar refractivity (Wildman–Crippen MR) is 88.8 cm³/mol. The molecular weight excluding hydrogens is 288 g/mol. The van der Waals surface area contributed by atoms with Crippen LogP contribution in [-0.4, -0.2) is 22.3 Å². The van der Waals surface area contributed by atoms with E-state index in [0.29, 0.717) is 18.3 Å². The molecule has 0 amide bonds. The molecule has 3 nitrogen and oxygen atoms in total. The summed E-state index contributed by atoms with van der Waals surface area (Å²) in [5, 5.41) is 21.0. The molecule has 3 heteroatoms. The standard InChI is InChI=1S/C20H30O3/c1-12-10-20-11-13(12)5-6-14(20)18(2)7-4-8-19(3,17(22)23)15(18)9-16(20)21/h13-16,21H,1,4-11H2,2-3H3,(H,22,23)/t13?,14-,15-,16?,18-,19-,20-/m0/s1. The monoisotopic (exact) mass is 318 g/mol. The van der Waals surface area contributed by atoms with E-state index in [2.05, 4.69) is 13.5 Å². The van der Waals surface area contributed by atoms with Gasteiger partial charge in [0.1, 0.15) is 0 Å². The molecule has 7 atom stereocenters. The Morgan fingerprint density at radius 2 is 1.96 bits per heavy atom. The number of fused-ring (bicyclic) bond motifs is 3. The minimum atomic E-state index is -0.679. The van der Waals surface area contributed by atoms with Crippen LogP contribution >= 0.6 is 0 Å². The summed E-state index contributed by atoms with van der Waals surface area (Å²) in [6, 6.07) is 0. The fourth-order valence-corrected chi connectivity index (χ4v) is 7.51. The van der Waals surface area contributed by atoms with Crippen molar-refractivity contribution in [2.45, 2.75) is 71.3 Å². The lowest BCUT2D eigenvalue weighted by molar-refractivity contribution is -0.208. The summed E-state index contributed by atoms with van der Waals surface area (Å²) in [4.78, 5) is 12.1. The Hall–Kier alpha value is -0.830. The van der Waals surface area contributed by atoms with Gasteiger partial charge >= 0.3 is 5.97 Å². The summed E-state index contributed by atoms with van der Waals surface area (Å²) >= 11 is 0. The van der Waals surface area contributed by atoms with Crippen LogP contribution < -0.4 is 0 Å². The lowest BCUT2D eigenvalue weighted by Gasteiger charge is -2.64. The van der Waals surface area contributed by atoms with Crippen molar-refractivity contribution in [2.75, 3.05) is 0 Å². The van der Waals surface area contributed by atoms with Crippen LogP contribution in [0.4, 0.5) is 0 Å². The van der Waals surface area contributed by atoms with Gasteiger partial charge < -0.3 is 10.2 Å². The largest absolute Gasteiger partial charge is 0.481 e. The molecule has 2 N–H and O–H groups in total. The van der Waals surface area contributed by atoms with Gasteiger partial charge in [0.25, 0.3) is 0 Å². The van der Waals surface area contributed by atoms with Gasteiger partial charge in [-0.25, -0.2) is 0 Å². The number of carboxylic acid groups (broad SMARTS) is 1. The first-order chi connectivity index (χ1) is 10.7. The highest BCUT2D eigenvalue weighted by Gasteiger charge is 2.67. The Labute approximate surface area is 139 Å². The van der Waals surface area contributed by atoms with Crippen molar-refractivity contribution in [1.29, 1.82) is 0 Å². The third-order valence-electron chi connectivity index (χ3n) is 8.64. The number of aliphatic hydroxyl groups is 1. The molecule has 0 aromatic heterocycles. The normalized spacial score (nSPS) is 55.2. The van der Waals surface area contributed by atoms with Crippen LogP contribution in [0.25, 0.3) is 0 Å². The van der Waals surface area contributed by atoms with E-state index in [1.165, 1.54) is 12.0 Å². The van der Waals surface area contributed by atoms with Crippen molar-refractivity contribution in [3.05, 3.63) is 12.2 Å². The topological polar surface area (TPSA) is 57.5 Å². The van der Waals surface area contributed by atoms with Crippen LogP contribution in [0.15, 0.2) is 12.2 Å². The van der Waals surface area contributed by atoms with E-state index in [9.17, 15) is 15.0 Å². The van der Waals surface area contributed by atoms with Crippen LogP contribution in [0.2, 0.25) is 0 Å². The number of hydrogen-bond acceptors (Lipinski definition) is 2. The van der Waals surface area contributed by atoms with E-state index < -0.39 is 11.4 Å². The number of aliphatic carboxylic acids is 1. The van der Waals surface area contributed by atoms with Crippen LogP contribution in [0, 0.1) is 34.0 Å². The molecule has 0 heterocycles. The van der Waals surface area contributed by atoms with Gasteiger partial charge in [0.2, 0.25) is 0 Å². The molecule has 4 rings (SSSR count). The maximum atomic E-state index is 12.1. The predicted octanol–water partition coefficient (Wildman–Crippen LogP) is 4.01. The second-order valence-electron chi connectivity index (χ2n) is 9.49. The van der Waals surface area contributed by atoms with Crippen LogP contribution in [0.1, 0.15) is 65.2 Å². The molecule has 4 aliphatic carbocycles. The van der Waals surface area contributed by atoms with Gasteiger partial charge in [-0.1, -0.05) is 25.5 Å². The maximum absolute atomic E-state index is 12.1. The Kier molecular flexibility index (Phi) is 3.15. The van der Waals surface area contributed by atoms with Crippen molar-refractivity contribution in [3.8, 4) is 0 Å². The van der Waals surface area contributed by atoms with E-state index in [1.807, 2.05) is 6.92 Å². The molecule has 4 fully saturated rings. The average Bonchev–Trinajstić information content (AvgIpc) is 2.73. The first kappa shape index (κ1) is 15.7. The highest BCUT2D eigenvalue weighted by molar-refractivity contribution is 5.75. The Morgan fingerprint density at radius 3 is 2.65 bits per heavy atom. The molecule has 4 saturated carbocycles. The molecule has 2 unspecified atom stereocenters. The molecule has 0 saturated heterocycles. The van der Waals surface area contributed by atoms with Gasteiger partial charge in [-0.2, -0.15) is 0 Å². The van der Waals surface area contributed by atoms with E-state index in [4.69, 9.17) is 0 Å². The van der Waals surface area contributed by atoms with Gasteiger partial charge in [-0.3, -0.25) is 4.79 Å². The first-order valence-corrected chi connectivity index (χ1v) is 9.33. The molecule has 2 bridgehead atoms. The van der Waals surface area contributed by atoms with Crippen molar-refractivity contribution < 1.29 is 15.0 Å². The van der Waals surface area contributed by atoms with Gasteiger partial charge in [0.05, 0.1) is 11.5 Å². The number of allylic oxidation sites excluding steroid dienone is 1. The van der Waals surface area contributed by atoms with E-state index in [-0.39, 0.29) is 22.9 Å². The third kappa shape index (κ3) is 1.78. The summed E-state index contributed by atoms with van der Waals surface area (Å²) in [5.41, 5.74) is 0.704. The third-order valence-corrected chi connectivity index (χ3v) is 8.64. The van der Waals surface area contributed by atoms with Crippen molar-refractivity contribution in [2.24, 2.45) is 34.0 Å². The zero-order valence-corrected chi connectivity index (χ0v) is 14.5. The molecule has 0 aromatic rings. The lowest BCUT2D eigenvalue weighted by Crippen LogP contribution is -2.62. The zero-order valence-electron chi connectivity index (χ0n) is 14.5. The molecule has 0 aromatic carbocycles. The van der Waals surface area contributed by atoms with Crippen LogP contribution in [0.3, 0.4) is 0 Å². The molecule has 0 aliphatic heterocycles. The second kappa shape index (κ2) is 4.62. The fourth-order valence-electron chi connectivity index (χ4n) is 7.51. The Morgan fingerprint density at radius 1 is 1.22 bits per heavy atom. The molecule has 23 heavy (non-hydrogen) atoms. The highest BCUT2D eigenvalue weighted by Crippen LogP contribution is 2.72. The average molecular weight is 318 g/mol. The number of carboxylic acids is 1. The van der Waals surface area contributed by atoms with Gasteiger partial charge in [0, 0.05) is 5.41 Å². The molecule has 128 valence electrons. The quantitative estimate of drug-likeness (QED) is 0.718. The van der Waals surface area contributed by atoms with Crippen molar-refractivity contribution >= 4 is 5.97 Å². The van der Waals surface area contributed by atoms with E-state index in [0.717, 1.165) is 38.5 Å². The second-order valence-corrected chi connectivity index (χ2v) is 9.49. The van der Waals surface area contributed by atoms with Gasteiger partial charge in [-0.05, 0) is 75.0 Å². The van der Waals surface area contributed by atoms with Crippen LogP contribution in [0.5, 0.6) is 0 Å². The number of hydrogen-bond donors (Lipinski definition) is 2. The molecule has 1 spiro atoms. The minimum Gasteiger partial charge on any atom is -0.481 e. The molecule has 0 radical (unpaired) electrons. The maximum Gasteiger partial charge on any atom is 0.309 e. The van der Waals surface area contributed by atoms with Gasteiger partial charge in [0.15, 0.2) is 0 Å². The lowest BCUT2D eigenvalue weighted by atomic mass is 9.40. The summed E-state index contributed by atoms with van der Waals surface area (Å²) in [6.07, 6.45) is 7.57. The highest BCUT2D eigenvalue weighted by atomic mass is 16.4. The number of aliphatic hydroxyl groups excluding tert-OH is 1. The summed E-state index contributed by atoms with van der Waals surface area (Å²) in [5.74, 6) is 0.479. The Balaban J connectivity index is 1.80. The SMILES string of the molecule is C=C1C[C@]23CC1CC[C@H]2[C@]1(C)CCC[C@](C)(C(=O)O)[C@H]1CC3O. The van der Waals surface area contributed by atoms with Crippen LogP contribution in [-0.2, 0) is 4.79 Å². The first-order valence-electron chi connectivity index (χ1n) is 9.33. The summed E-state index contributed by atoms with van der Waals surface area (Å²) in [7, 11) is 0. The van der Waals surface area contributed by atoms with Gasteiger partial charge in [-0.15, -0.1) is 0 Å². The zero-order chi connectivity index (χ0) is 16.6. The smallest absolute Gasteiger partial charge is 0.309 e. The summed E-state index contributed by atoms with van der Waals surface area (Å²) < 4.78 is 0. The van der Waals surface area contributed by atoms with E-state index in [1.54, 1.807) is 0 Å². The molecular formula is C20H30O3. The van der Waals surface area contributed by atoms with Crippen molar-refractivity contribution in [3.63, 3.8) is 0 Å². The fraction of sp³-hybridized carbons (Fsp3) is 0.850. The Bertz CT molecular complexity index is 569. The summed E-state index contributed by atoms with van der Waals surface area (Å²) in [6.45, 7) is 8.57. The number of rotatable bonds is 1. The van der Waals surface area contributed by atoms with Crippen molar-refractivity contribution in [1.82, 2.24) is 0 Å². The minimum absolute atomic E-state index is 0.0119. The molecule has 4 aliphatic rings. The van der Waals surface area contributed by atoms with E-state index >= 15 is 0 Å².